The molecule has 1 aromatic rings. The molecule has 2 rings (SSSR count). The Morgan fingerprint density at radius 2 is 2.26 bits per heavy atom. The number of nitrogens with one attached hydrogen (secondary N) is 2. The number of fused-ring (bicyclic) bond motifs is 1. The number of rotatable bonds is 8. The first-order valence-electron chi connectivity index (χ1n) is 6.39. The molecule has 0 fully saturated rings. The summed E-state index contributed by atoms with van der Waals surface area (Å²) in [6.07, 6.45) is 3.26. The van der Waals surface area contributed by atoms with Gasteiger partial charge in [0.1, 0.15) is 5.82 Å². The number of aryl methyl sites for hydroxylation is 1. The average Bonchev–Trinajstić information content (AvgIpc) is 2.95. The molecule has 0 bridgehead atoms. The van der Waals surface area contributed by atoms with Crippen molar-refractivity contribution in [3.8, 4) is 0 Å². The van der Waals surface area contributed by atoms with Crippen LogP contribution in [0.4, 0.5) is 0 Å². The van der Waals surface area contributed by atoms with Crippen LogP contribution in [0.25, 0.3) is 0 Å². The van der Waals surface area contributed by atoms with Gasteiger partial charge in [0.2, 0.25) is 0 Å². The van der Waals surface area contributed by atoms with E-state index in [1.54, 1.807) is 11.7 Å². The zero-order valence-electron chi connectivity index (χ0n) is 11.1. The largest absolute Gasteiger partial charge is 0.383 e. The lowest BCUT2D eigenvalue weighted by atomic mass is 10.4. The highest BCUT2D eigenvalue weighted by atomic mass is 32.2. The van der Waals surface area contributed by atoms with E-state index in [9.17, 15) is 8.42 Å². The molecule has 0 saturated carbocycles. The first-order chi connectivity index (χ1) is 9.15. The van der Waals surface area contributed by atoms with Gasteiger partial charge in [-0.1, -0.05) is 0 Å². The first-order valence-corrected chi connectivity index (χ1v) is 7.87. The highest BCUT2D eigenvalue weighted by Crippen LogP contribution is 2.19. The Hall–Kier alpha value is -0.960. The second-order valence-electron chi connectivity index (χ2n) is 4.41. The van der Waals surface area contributed by atoms with Gasteiger partial charge in [-0.3, -0.25) is 0 Å². The Morgan fingerprint density at radius 1 is 1.42 bits per heavy atom. The summed E-state index contributed by atoms with van der Waals surface area (Å²) in [6.45, 7) is 2.98. The van der Waals surface area contributed by atoms with Crippen LogP contribution in [-0.4, -0.2) is 51.3 Å². The molecule has 0 aliphatic carbocycles. The maximum Gasteiger partial charge on any atom is 0.257 e. The number of sulfonamides is 1. The van der Waals surface area contributed by atoms with Crippen LogP contribution in [0.3, 0.4) is 0 Å². The Morgan fingerprint density at radius 3 is 3.05 bits per heavy atom. The van der Waals surface area contributed by atoms with Crippen LogP contribution in [0.5, 0.6) is 0 Å². The second kappa shape index (κ2) is 6.47. The number of aromatic nitrogens is 2. The topological polar surface area (TPSA) is 85.2 Å². The van der Waals surface area contributed by atoms with Gasteiger partial charge in [0, 0.05) is 39.7 Å². The van der Waals surface area contributed by atoms with E-state index in [0.29, 0.717) is 26.2 Å². The quantitative estimate of drug-likeness (QED) is 0.621. The van der Waals surface area contributed by atoms with Gasteiger partial charge in [0.25, 0.3) is 10.0 Å². The van der Waals surface area contributed by atoms with E-state index in [1.165, 1.54) is 6.20 Å². The minimum atomic E-state index is -3.46. The minimum Gasteiger partial charge on any atom is -0.383 e. The van der Waals surface area contributed by atoms with Crippen molar-refractivity contribution in [3.63, 3.8) is 0 Å². The summed E-state index contributed by atoms with van der Waals surface area (Å²) in [6, 6.07) is 0. The Labute approximate surface area is 113 Å². The van der Waals surface area contributed by atoms with Crippen LogP contribution in [0.2, 0.25) is 0 Å². The number of methoxy groups -OCH3 is 1. The van der Waals surface area contributed by atoms with Crippen LogP contribution in [0.1, 0.15) is 12.2 Å². The molecule has 19 heavy (non-hydrogen) atoms. The van der Waals surface area contributed by atoms with E-state index < -0.39 is 10.0 Å². The Kier molecular flexibility index (Phi) is 4.92. The number of ether oxygens (including phenoxy) is 1. The number of imidazole rings is 1. The third kappa shape index (κ3) is 3.53. The van der Waals surface area contributed by atoms with Crippen LogP contribution < -0.4 is 10.0 Å². The van der Waals surface area contributed by atoms with E-state index in [2.05, 4.69) is 15.0 Å². The number of nitrogens with zero attached hydrogens (tertiary/aromatic N) is 2. The summed E-state index contributed by atoms with van der Waals surface area (Å²) in [5.41, 5.74) is 0. The summed E-state index contributed by atoms with van der Waals surface area (Å²) in [5, 5.41) is 3.36. The third-order valence-corrected chi connectivity index (χ3v) is 4.50. The third-order valence-electron chi connectivity index (χ3n) is 3.04. The summed E-state index contributed by atoms with van der Waals surface area (Å²) in [5.74, 6) is 0.860. The van der Waals surface area contributed by atoms with Gasteiger partial charge in [-0.2, -0.15) is 0 Å². The molecular formula is C11H20N4O3S. The summed E-state index contributed by atoms with van der Waals surface area (Å²) >= 11 is 0. The molecule has 1 aromatic heterocycles. The highest BCUT2D eigenvalue weighted by molar-refractivity contribution is 7.89. The van der Waals surface area contributed by atoms with Crippen molar-refractivity contribution in [3.05, 3.63) is 12.0 Å². The molecule has 0 spiro atoms. The van der Waals surface area contributed by atoms with E-state index in [-0.39, 0.29) is 5.03 Å². The molecule has 108 valence electrons. The molecule has 2 N–H and O–H groups in total. The van der Waals surface area contributed by atoms with Gasteiger partial charge in [0.05, 0.1) is 12.8 Å². The van der Waals surface area contributed by atoms with Gasteiger partial charge < -0.3 is 14.6 Å². The highest BCUT2D eigenvalue weighted by Gasteiger charge is 2.24. The molecule has 8 heteroatoms. The molecule has 2 heterocycles. The zero-order chi connectivity index (χ0) is 13.7. The van der Waals surface area contributed by atoms with Gasteiger partial charge in [-0.05, 0) is 6.42 Å². The lowest BCUT2D eigenvalue weighted by molar-refractivity contribution is 0.199. The van der Waals surface area contributed by atoms with Crippen molar-refractivity contribution in [2.45, 2.75) is 24.4 Å². The molecule has 7 nitrogen and oxygen atoms in total. The van der Waals surface area contributed by atoms with E-state index >= 15 is 0 Å². The summed E-state index contributed by atoms with van der Waals surface area (Å²) < 4.78 is 33.5. The number of hydrogen-bond acceptors (Lipinski definition) is 5. The maximum absolute atomic E-state index is 12.1. The van der Waals surface area contributed by atoms with Gasteiger partial charge in [0.15, 0.2) is 5.03 Å². The Balaban J connectivity index is 1.85. The lowest BCUT2D eigenvalue weighted by Crippen LogP contribution is -2.33. The van der Waals surface area contributed by atoms with E-state index in [0.717, 1.165) is 25.2 Å². The predicted molar refractivity (Wildman–Crippen MR) is 70.5 cm³/mol. The fraction of sp³-hybridized carbons (Fsp3) is 0.727. The molecule has 0 amide bonds. The fourth-order valence-corrected chi connectivity index (χ4v) is 3.29. The summed E-state index contributed by atoms with van der Waals surface area (Å²) in [7, 11) is -1.83. The van der Waals surface area contributed by atoms with Crippen LogP contribution in [0.15, 0.2) is 11.2 Å². The fourth-order valence-electron chi connectivity index (χ4n) is 2.09. The number of hydrogen-bond donors (Lipinski definition) is 2. The first kappa shape index (κ1) is 14.4. The molecule has 0 radical (unpaired) electrons. The van der Waals surface area contributed by atoms with Crippen LogP contribution in [0, 0.1) is 0 Å². The molecule has 0 aromatic carbocycles. The van der Waals surface area contributed by atoms with Crippen LogP contribution >= 0.6 is 0 Å². The normalized spacial score (nSPS) is 14.8. The van der Waals surface area contributed by atoms with Crippen molar-refractivity contribution in [1.82, 2.24) is 19.6 Å². The smallest absolute Gasteiger partial charge is 0.257 e. The van der Waals surface area contributed by atoms with Crippen molar-refractivity contribution in [2.24, 2.45) is 0 Å². The van der Waals surface area contributed by atoms with Crippen LogP contribution in [-0.2, 0) is 27.7 Å². The molecule has 1 aliphatic heterocycles. The SMILES string of the molecule is COCCNCCNS(=O)(=O)c1cnc2n1CCC2. The van der Waals surface area contributed by atoms with E-state index in [4.69, 9.17) is 4.74 Å². The van der Waals surface area contributed by atoms with Gasteiger partial charge in [-0.15, -0.1) is 0 Å². The monoisotopic (exact) mass is 288 g/mol. The molecular weight excluding hydrogens is 268 g/mol. The van der Waals surface area contributed by atoms with Crippen molar-refractivity contribution in [1.29, 1.82) is 0 Å². The maximum atomic E-state index is 12.1. The van der Waals surface area contributed by atoms with Gasteiger partial charge in [-0.25, -0.2) is 18.1 Å². The van der Waals surface area contributed by atoms with Crippen molar-refractivity contribution < 1.29 is 13.2 Å². The minimum absolute atomic E-state index is 0.275. The Bertz CT molecular complexity index is 512. The molecule has 0 saturated heterocycles. The summed E-state index contributed by atoms with van der Waals surface area (Å²) in [4.78, 5) is 4.14. The van der Waals surface area contributed by atoms with Crippen molar-refractivity contribution >= 4 is 10.0 Å². The van der Waals surface area contributed by atoms with E-state index in [1.807, 2.05) is 0 Å². The van der Waals surface area contributed by atoms with Crippen molar-refractivity contribution in [2.75, 3.05) is 33.4 Å². The predicted octanol–water partition coefficient (Wildman–Crippen LogP) is -0.656. The lowest BCUT2D eigenvalue weighted by Gasteiger charge is -2.08. The average molecular weight is 288 g/mol. The van der Waals surface area contributed by atoms with Gasteiger partial charge >= 0.3 is 0 Å². The molecule has 0 atom stereocenters. The standard InChI is InChI=1S/C11H20N4O3S/c1-18-8-6-12-4-5-14-19(16,17)11-9-13-10-3-2-7-15(10)11/h9,12,14H,2-8H2,1H3. The molecule has 1 aliphatic rings. The second-order valence-corrected chi connectivity index (χ2v) is 6.12. The zero-order valence-corrected chi connectivity index (χ0v) is 11.9. The molecule has 0 unspecified atom stereocenters.